The molecule has 0 unspecified atom stereocenters. The molecule has 3 aromatic rings. The number of quaternary nitrogens is 1. The molecule has 3 nitrogen and oxygen atoms in total. The van der Waals surface area contributed by atoms with Gasteiger partial charge in [0, 0.05) is 23.7 Å². The van der Waals surface area contributed by atoms with Crippen LogP contribution in [-0.2, 0) is 6.42 Å². The van der Waals surface area contributed by atoms with Crippen molar-refractivity contribution in [2.45, 2.75) is 38.6 Å². The molecule has 4 rings (SSSR count). The van der Waals surface area contributed by atoms with E-state index >= 15 is 0 Å². The van der Waals surface area contributed by atoms with Gasteiger partial charge in [-0.15, -0.1) is 0 Å². The number of hydrogen-bond donors (Lipinski definition) is 2. The first-order chi connectivity index (χ1) is 12.7. The monoisotopic (exact) mass is 353 g/mol. The van der Waals surface area contributed by atoms with E-state index in [1.807, 2.05) is 0 Å². The minimum Gasteiger partial charge on any atom is -0.493 e. The molecule has 0 fully saturated rings. The number of halogens is 1. The lowest BCUT2D eigenvalue weighted by molar-refractivity contribution is -0.698. The molecule has 0 saturated heterocycles. The number of fused-ring (bicyclic) bond motifs is 3. The van der Waals surface area contributed by atoms with Crippen LogP contribution in [0.4, 0.5) is 4.39 Å². The largest absolute Gasteiger partial charge is 0.493 e. The standard InChI is InChI=1S/C22H25FN2O/c1-15-6-11-20-19(14-15)18-4-2-5-21(22(18)25-20)24-12-3-13-26-17-9-7-16(23)8-10-17/h6-11,14,21,24-25H,2-5,12-13H2,1H3/p+1/t21-/m0/s1. The number of aromatic nitrogens is 1. The van der Waals surface area contributed by atoms with Gasteiger partial charge < -0.3 is 15.0 Å². The molecule has 1 aliphatic carbocycles. The van der Waals surface area contributed by atoms with Gasteiger partial charge in [0.25, 0.3) is 0 Å². The van der Waals surface area contributed by atoms with Crippen molar-refractivity contribution >= 4 is 10.9 Å². The molecule has 1 heterocycles. The van der Waals surface area contributed by atoms with Gasteiger partial charge in [-0.05, 0) is 61.7 Å². The molecule has 0 spiro atoms. The number of ether oxygens (including phenoxy) is 1. The zero-order chi connectivity index (χ0) is 17.9. The van der Waals surface area contributed by atoms with Crippen LogP contribution in [0.3, 0.4) is 0 Å². The molecule has 0 saturated carbocycles. The third kappa shape index (κ3) is 3.61. The Bertz CT molecular complexity index is 885. The fourth-order valence-corrected chi connectivity index (χ4v) is 3.97. The van der Waals surface area contributed by atoms with Crippen molar-refractivity contribution in [2.75, 3.05) is 13.2 Å². The van der Waals surface area contributed by atoms with Gasteiger partial charge in [0.05, 0.1) is 18.8 Å². The van der Waals surface area contributed by atoms with Gasteiger partial charge in [0.2, 0.25) is 0 Å². The lowest BCUT2D eigenvalue weighted by Gasteiger charge is -2.21. The second kappa shape index (κ2) is 7.50. The van der Waals surface area contributed by atoms with Crippen LogP contribution >= 0.6 is 0 Å². The average Bonchev–Trinajstić information content (AvgIpc) is 3.02. The Labute approximate surface area is 153 Å². The Morgan fingerprint density at radius 3 is 2.88 bits per heavy atom. The van der Waals surface area contributed by atoms with E-state index in [2.05, 4.69) is 35.4 Å². The molecular weight excluding hydrogens is 327 g/mol. The smallest absolute Gasteiger partial charge is 0.127 e. The Morgan fingerprint density at radius 2 is 2.04 bits per heavy atom. The number of H-pyrrole nitrogens is 1. The molecule has 3 N–H and O–H groups in total. The van der Waals surface area contributed by atoms with E-state index < -0.39 is 0 Å². The molecule has 2 aromatic carbocycles. The number of aryl methyl sites for hydroxylation is 2. The molecule has 0 radical (unpaired) electrons. The van der Waals surface area contributed by atoms with Gasteiger partial charge in [0.1, 0.15) is 17.6 Å². The lowest BCUT2D eigenvalue weighted by atomic mass is 9.91. The van der Waals surface area contributed by atoms with Crippen LogP contribution in [0.15, 0.2) is 42.5 Å². The highest BCUT2D eigenvalue weighted by Gasteiger charge is 2.26. The van der Waals surface area contributed by atoms with Crippen LogP contribution in [0, 0.1) is 12.7 Å². The predicted octanol–water partition coefficient (Wildman–Crippen LogP) is 4.03. The van der Waals surface area contributed by atoms with Crippen molar-refractivity contribution in [2.24, 2.45) is 0 Å². The van der Waals surface area contributed by atoms with Gasteiger partial charge >= 0.3 is 0 Å². The summed E-state index contributed by atoms with van der Waals surface area (Å²) in [5.41, 5.74) is 5.51. The van der Waals surface area contributed by atoms with Crippen molar-refractivity contribution in [1.29, 1.82) is 0 Å². The first kappa shape index (κ1) is 17.1. The fraction of sp³-hybridized carbons (Fsp3) is 0.364. The highest BCUT2D eigenvalue weighted by Crippen LogP contribution is 2.33. The summed E-state index contributed by atoms with van der Waals surface area (Å²) in [5, 5.41) is 3.84. The van der Waals surface area contributed by atoms with Crippen LogP contribution in [0.2, 0.25) is 0 Å². The maximum absolute atomic E-state index is 12.9. The van der Waals surface area contributed by atoms with Gasteiger partial charge in [0.15, 0.2) is 0 Å². The van der Waals surface area contributed by atoms with E-state index in [1.54, 1.807) is 12.1 Å². The highest BCUT2D eigenvalue weighted by molar-refractivity contribution is 5.85. The quantitative estimate of drug-likeness (QED) is 0.646. The van der Waals surface area contributed by atoms with Crippen LogP contribution in [0.25, 0.3) is 10.9 Å². The molecule has 136 valence electrons. The highest BCUT2D eigenvalue weighted by atomic mass is 19.1. The zero-order valence-corrected chi connectivity index (χ0v) is 15.2. The van der Waals surface area contributed by atoms with E-state index in [4.69, 9.17) is 4.74 Å². The van der Waals surface area contributed by atoms with Crippen molar-refractivity contribution in [3.63, 3.8) is 0 Å². The summed E-state index contributed by atoms with van der Waals surface area (Å²) in [4.78, 5) is 3.67. The van der Waals surface area contributed by atoms with Gasteiger partial charge in [-0.3, -0.25) is 0 Å². The number of nitrogens with one attached hydrogen (secondary N) is 1. The maximum atomic E-state index is 12.9. The van der Waals surface area contributed by atoms with E-state index in [1.165, 1.54) is 59.1 Å². The molecular formula is C22H26FN2O+. The SMILES string of the molecule is Cc1ccc2[nH]c3c(c2c1)CCC[C@@H]3[NH2+]CCCOc1ccc(F)cc1. The normalized spacial score (nSPS) is 16.6. The summed E-state index contributed by atoms with van der Waals surface area (Å²) in [6.07, 6.45) is 4.62. The van der Waals surface area contributed by atoms with Gasteiger partial charge in [-0.1, -0.05) is 11.6 Å². The Balaban J connectivity index is 1.33. The Morgan fingerprint density at radius 1 is 1.19 bits per heavy atom. The summed E-state index contributed by atoms with van der Waals surface area (Å²) >= 11 is 0. The molecule has 0 bridgehead atoms. The van der Waals surface area contributed by atoms with Crippen molar-refractivity contribution in [3.8, 4) is 5.75 Å². The molecule has 0 aliphatic heterocycles. The number of nitrogens with two attached hydrogens (primary N) is 1. The zero-order valence-electron chi connectivity index (χ0n) is 15.2. The van der Waals surface area contributed by atoms with Crippen molar-refractivity contribution in [3.05, 3.63) is 65.1 Å². The minimum absolute atomic E-state index is 0.229. The van der Waals surface area contributed by atoms with Gasteiger partial charge in [-0.25, -0.2) is 4.39 Å². The minimum atomic E-state index is -0.229. The number of aromatic amines is 1. The second-order valence-electron chi connectivity index (χ2n) is 7.25. The Hall–Kier alpha value is -2.33. The van der Waals surface area contributed by atoms with Crippen LogP contribution < -0.4 is 10.1 Å². The maximum Gasteiger partial charge on any atom is 0.127 e. The second-order valence-corrected chi connectivity index (χ2v) is 7.25. The van der Waals surface area contributed by atoms with Crippen LogP contribution in [-0.4, -0.2) is 18.1 Å². The van der Waals surface area contributed by atoms with Crippen LogP contribution in [0.5, 0.6) is 5.75 Å². The average molecular weight is 353 g/mol. The summed E-state index contributed by atoms with van der Waals surface area (Å²) in [7, 11) is 0. The van der Waals surface area contributed by atoms with Crippen molar-refractivity contribution in [1.82, 2.24) is 4.98 Å². The third-order valence-electron chi connectivity index (χ3n) is 5.29. The first-order valence-corrected chi connectivity index (χ1v) is 9.53. The fourth-order valence-electron chi connectivity index (χ4n) is 3.97. The van der Waals surface area contributed by atoms with Crippen molar-refractivity contribution < 1.29 is 14.4 Å². The molecule has 26 heavy (non-hydrogen) atoms. The van der Waals surface area contributed by atoms with E-state index in [0.717, 1.165) is 18.7 Å². The predicted molar refractivity (Wildman–Crippen MR) is 102 cm³/mol. The molecule has 4 heteroatoms. The third-order valence-corrected chi connectivity index (χ3v) is 5.29. The van der Waals surface area contributed by atoms with E-state index in [0.29, 0.717) is 12.6 Å². The van der Waals surface area contributed by atoms with Gasteiger partial charge in [-0.2, -0.15) is 0 Å². The number of rotatable bonds is 6. The van der Waals surface area contributed by atoms with Crippen LogP contribution in [0.1, 0.15) is 42.1 Å². The molecule has 1 aliphatic rings. The molecule has 1 atom stereocenters. The number of benzene rings is 2. The lowest BCUT2D eigenvalue weighted by Crippen LogP contribution is -2.85. The summed E-state index contributed by atoms with van der Waals surface area (Å²) in [5.74, 6) is 0.504. The molecule has 1 aromatic heterocycles. The summed E-state index contributed by atoms with van der Waals surface area (Å²) in [6.45, 7) is 3.85. The molecule has 0 amide bonds. The van der Waals surface area contributed by atoms with E-state index in [9.17, 15) is 4.39 Å². The Kier molecular flexibility index (Phi) is 4.93. The first-order valence-electron chi connectivity index (χ1n) is 9.53. The van der Waals surface area contributed by atoms with E-state index in [-0.39, 0.29) is 5.82 Å². The summed E-state index contributed by atoms with van der Waals surface area (Å²) < 4.78 is 18.6. The summed E-state index contributed by atoms with van der Waals surface area (Å²) in [6, 6.07) is 13.4. The topological polar surface area (TPSA) is 41.6 Å². The number of hydrogen-bond acceptors (Lipinski definition) is 1.